The highest BCUT2D eigenvalue weighted by Crippen LogP contribution is 2.32. The van der Waals surface area contributed by atoms with Crippen LogP contribution in [0, 0.1) is 0 Å². The van der Waals surface area contributed by atoms with Crippen LogP contribution in [0.3, 0.4) is 0 Å². The molecule has 116 valence electrons. The van der Waals surface area contributed by atoms with E-state index in [1.54, 1.807) is 41.3 Å². The van der Waals surface area contributed by atoms with Gasteiger partial charge < -0.3 is 5.32 Å². The molecule has 7 heteroatoms. The van der Waals surface area contributed by atoms with Crippen LogP contribution < -0.4 is 5.32 Å². The third-order valence-corrected chi connectivity index (χ3v) is 4.77. The molecule has 3 rings (SSSR count). The van der Waals surface area contributed by atoms with E-state index in [4.69, 9.17) is 23.2 Å². The molecule has 23 heavy (non-hydrogen) atoms. The highest BCUT2D eigenvalue weighted by Gasteiger charge is 2.18. The van der Waals surface area contributed by atoms with Gasteiger partial charge in [0.2, 0.25) is 0 Å². The molecule has 1 heterocycles. The second-order valence-corrected chi connectivity index (χ2v) is 6.28. The number of para-hydroxylation sites is 2. The van der Waals surface area contributed by atoms with Crippen LogP contribution in [-0.4, -0.2) is 15.7 Å². The Morgan fingerprint density at radius 3 is 2.65 bits per heavy atom. The topological polar surface area (TPSA) is 46.9 Å². The molecule has 0 aliphatic rings. The monoisotopic (exact) mass is 409 g/mol. The molecule has 4 nitrogen and oxygen atoms in total. The van der Waals surface area contributed by atoms with E-state index in [0.717, 1.165) is 5.69 Å². The van der Waals surface area contributed by atoms with Crippen LogP contribution in [0.5, 0.6) is 0 Å². The van der Waals surface area contributed by atoms with Crippen molar-refractivity contribution in [3.63, 3.8) is 0 Å². The zero-order chi connectivity index (χ0) is 16.4. The third kappa shape index (κ3) is 3.27. The van der Waals surface area contributed by atoms with E-state index >= 15 is 0 Å². The quantitative estimate of drug-likeness (QED) is 0.603. The first-order valence-electron chi connectivity index (χ1n) is 6.62. The molecule has 1 aromatic heterocycles. The molecule has 0 aliphatic heterocycles. The number of benzene rings is 2. The van der Waals surface area contributed by atoms with Gasteiger partial charge in [-0.1, -0.05) is 35.3 Å². The lowest BCUT2D eigenvalue weighted by molar-refractivity contribution is 0.102. The van der Waals surface area contributed by atoms with Crippen LogP contribution >= 0.6 is 39.1 Å². The second-order valence-electron chi connectivity index (χ2n) is 4.64. The standard InChI is InChI=1S/C16H10BrCl2N3O/c17-10-6-7-11(18)14(15(10)19)16(23)21-12-4-1-2-5-13(12)22-9-3-8-20-22/h1-9H,(H,21,23). The fourth-order valence-electron chi connectivity index (χ4n) is 2.11. The van der Waals surface area contributed by atoms with Gasteiger partial charge in [-0.3, -0.25) is 4.79 Å². The van der Waals surface area contributed by atoms with Crippen molar-refractivity contribution in [2.75, 3.05) is 5.32 Å². The van der Waals surface area contributed by atoms with E-state index in [1.807, 2.05) is 18.2 Å². The Hall–Kier alpha value is -1.82. The van der Waals surface area contributed by atoms with Crippen molar-refractivity contribution < 1.29 is 4.79 Å². The SMILES string of the molecule is O=C(Nc1ccccc1-n1cccn1)c1c(Cl)ccc(Br)c1Cl. The minimum absolute atomic E-state index is 0.220. The maximum absolute atomic E-state index is 12.6. The molecule has 0 unspecified atom stereocenters. The Labute approximate surface area is 151 Å². The molecule has 1 N–H and O–H groups in total. The molecule has 0 saturated heterocycles. The average molecular weight is 411 g/mol. The molecule has 0 radical (unpaired) electrons. The van der Waals surface area contributed by atoms with Gasteiger partial charge in [0.1, 0.15) is 0 Å². The molecule has 3 aromatic rings. The van der Waals surface area contributed by atoms with Gasteiger partial charge in [0.15, 0.2) is 0 Å². The van der Waals surface area contributed by atoms with E-state index in [-0.39, 0.29) is 21.5 Å². The summed E-state index contributed by atoms with van der Waals surface area (Å²) < 4.78 is 2.27. The first-order chi connectivity index (χ1) is 11.1. The molecule has 0 spiro atoms. The van der Waals surface area contributed by atoms with Gasteiger partial charge in [-0.05, 0) is 46.3 Å². The zero-order valence-electron chi connectivity index (χ0n) is 11.6. The predicted molar refractivity (Wildman–Crippen MR) is 95.7 cm³/mol. The molecular weight excluding hydrogens is 401 g/mol. The van der Waals surface area contributed by atoms with Crippen LogP contribution in [0.1, 0.15) is 10.4 Å². The summed E-state index contributed by atoms with van der Waals surface area (Å²) in [7, 11) is 0. The Bertz CT molecular complexity index is 866. The number of aromatic nitrogens is 2. The molecule has 0 saturated carbocycles. The van der Waals surface area contributed by atoms with Gasteiger partial charge in [-0.25, -0.2) is 4.68 Å². The highest BCUT2D eigenvalue weighted by molar-refractivity contribution is 9.10. The normalized spacial score (nSPS) is 10.6. The lowest BCUT2D eigenvalue weighted by atomic mass is 10.2. The van der Waals surface area contributed by atoms with Crippen molar-refractivity contribution in [2.45, 2.75) is 0 Å². The molecule has 0 bridgehead atoms. The molecule has 0 aliphatic carbocycles. The fourth-order valence-corrected chi connectivity index (χ4v) is 2.98. The Kier molecular flexibility index (Phi) is 4.71. The Morgan fingerprint density at radius 1 is 1.13 bits per heavy atom. The zero-order valence-corrected chi connectivity index (χ0v) is 14.7. The smallest absolute Gasteiger partial charge is 0.258 e. The summed E-state index contributed by atoms with van der Waals surface area (Å²) in [6.45, 7) is 0. The Morgan fingerprint density at radius 2 is 1.91 bits per heavy atom. The minimum atomic E-state index is -0.388. The van der Waals surface area contributed by atoms with Gasteiger partial charge in [0.05, 0.1) is 27.0 Å². The van der Waals surface area contributed by atoms with Crippen molar-refractivity contribution in [1.82, 2.24) is 9.78 Å². The molecule has 0 atom stereocenters. The second kappa shape index (κ2) is 6.74. The first kappa shape index (κ1) is 16.1. The van der Waals surface area contributed by atoms with Gasteiger partial charge in [-0.2, -0.15) is 5.10 Å². The number of amides is 1. The number of hydrogen-bond donors (Lipinski definition) is 1. The molecular formula is C16H10BrCl2N3O. The lowest BCUT2D eigenvalue weighted by Crippen LogP contribution is -2.15. The number of carbonyl (C=O) groups is 1. The van der Waals surface area contributed by atoms with Gasteiger partial charge in [0.25, 0.3) is 5.91 Å². The maximum Gasteiger partial charge on any atom is 0.258 e. The number of halogens is 3. The summed E-state index contributed by atoms with van der Waals surface area (Å²) in [5.74, 6) is -0.388. The van der Waals surface area contributed by atoms with Crippen molar-refractivity contribution >= 4 is 50.7 Å². The molecule has 1 amide bonds. The largest absolute Gasteiger partial charge is 0.320 e. The number of anilines is 1. The van der Waals surface area contributed by atoms with E-state index in [9.17, 15) is 4.79 Å². The van der Waals surface area contributed by atoms with Crippen molar-refractivity contribution in [3.05, 3.63) is 74.9 Å². The Balaban J connectivity index is 1.98. The van der Waals surface area contributed by atoms with Crippen LogP contribution in [-0.2, 0) is 0 Å². The summed E-state index contributed by atoms with van der Waals surface area (Å²) in [6.07, 6.45) is 3.46. The van der Waals surface area contributed by atoms with E-state index in [1.165, 1.54) is 0 Å². The van der Waals surface area contributed by atoms with Crippen LogP contribution in [0.2, 0.25) is 10.0 Å². The minimum Gasteiger partial charge on any atom is -0.320 e. The molecule has 0 fully saturated rings. The van der Waals surface area contributed by atoms with Crippen LogP contribution in [0.4, 0.5) is 5.69 Å². The summed E-state index contributed by atoms with van der Waals surface area (Å²) >= 11 is 15.6. The molecule has 2 aromatic carbocycles. The average Bonchev–Trinajstić information content (AvgIpc) is 3.06. The maximum atomic E-state index is 12.6. The summed E-state index contributed by atoms with van der Waals surface area (Å²) in [5, 5.41) is 7.57. The third-order valence-electron chi connectivity index (χ3n) is 3.17. The lowest BCUT2D eigenvalue weighted by Gasteiger charge is -2.13. The number of nitrogens with one attached hydrogen (secondary N) is 1. The van der Waals surface area contributed by atoms with Crippen LogP contribution in [0.15, 0.2) is 59.3 Å². The van der Waals surface area contributed by atoms with E-state index < -0.39 is 0 Å². The number of nitrogens with zero attached hydrogens (tertiary/aromatic N) is 2. The van der Waals surface area contributed by atoms with Crippen molar-refractivity contribution in [1.29, 1.82) is 0 Å². The van der Waals surface area contributed by atoms with Gasteiger partial charge >= 0.3 is 0 Å². The van der Waals surface area contributed by atoms with Crippen molar-refractivity contribution in [2.24, 2.45) is 0 Å². The van der Waals surface area contributed by atoms with E-state index in [2.05, 4.69) is 26.3 Å². The van der Waals surface area contributed by atoms with Crippen LogP contribution in [0.25, 0.3) is 5.69 Å². The highest BCUT2D eigenvalue weighted by atomic mass is 79.9. The number of carbonyl (C=O) groups excluding carboxylic acids is 1. The van der Waals surface area contributed by atoms with Gasteiger partial charge in [0, 0.05) is 16.9 Å². The first-order valence-corrected chi connectivity index (χ1v) is 8.16. The number of rotatable bonds is 3. The van der Waals surface area contributed by atoms with Crippen molar-refractivity contribution in [3.8, 4) is 5.69 Å². The van der Waals surface area contributed by atoms with E-state index in [0.29, 0.717) is 10.2 Å². The van der Waals surface area contributed by atoms with Gasteiger partial charge in [-0.15, -0.1) is 0 Å². The summed E-state index contributed by atoms with van der Waals surface area (Å²) in [4.78, 5) is 12.6. The fraction of sp³-hybridized carbons (Fsp3) is 0. The predicted octanol–water partition coefficient (Wildman–Crippen LogP) is 5.19. The number of hydrogen-bond acceptors (Lipinski definition) is 2. The summed E-state index contributed by atoms with van der Waals surface area (Å²) in [5.41, 5.74) is 1.57. The summed E-state index contributed by atoms with van der Waals surface area (Å²) in [6, 6.07) is 12.4.